The molecule has 1 aliphatic heterocycles. The minimum absolute atomic E-state index is 0.0983. The summed E-state index contributed by atoms with van der Waals surface area (Å²) in [6.07, 6.45) is 1.57. The van der Waals surface area contributed by atoms with E-state index < -0.39 is 11.8 Å². The van der Waals surface area contributed by atoms with Crippen LogP contribution in [-0.4, -0.2) is 11.8 Å². The minimum atomic E-state index is -0.427. The van der Waals surface area contributed by atoms with Gasteiger partial charge in [-0.15, -0.1) is 0 Å². The Balaban J connectivity index is 1.94. The van der Waals surface area contributed by atoms with Gasteiger partial charge in [-0.2, -0.15) is 0 Å². The summed E-state index contributed by atoms with van der Waals surface area (Å²) in [5.74, 6) is -0.824. The first-order valence-electron chi connectivity index (χ1n) is 6.33. The molecule has 2 aromatic carbocycles. The predicted molar refractivity (Wildman–Crippen MR) is 81.5 cm³/mol. The van der Waals surface area contributed by atoms with E-state index in [2.05, 4.69) is 5.43 Å². The number of anilines is 1. The Labute approximate surface area is 126 Å². The van der Waals surface area contributed by atoms with Crippen LogP contribution >= 0.6 is 11.6 Å². The molecular weight excluding hydrogens is 288 g/mol. The van der Waals surface area contributed by atoms with Gasteiger partial charge in [0.05, 0.1) is 5.69 Å². The Hall–Kier alpha value is -2.59. The second kappa shape index (κ2) is 5.42. The van der Waals surface area contributed by atoms with Crippen LogP contribution in [0.1, 0.15) is 5.56 Å². The lowest BCUT2D eigenvalue weighted by Crippen LogP contribution is -2.35. The highest BCUT2D eigenvalue weighted by Gasteiger charge is 2.34. The molecule has 1 N–H and O–H groups in total. The smallest absolute Gasteiger partial charge is 0.267 e. The predicted octanol–water partition coefficient (Wildman–Crippen LogP) is 2.80. The first-order valence-corrected chi connectivity index (χ1v) is 6.71. The molecule has 104 valence electrons. The second-order valence-electron chi connectivity index (χ2n) is 4.53. The molecule has 0 aromatic heterocycles. The van der Waals surface area contributed by atoms with Crippen molar-refractivity contribution in [2.75, 3.05) is 5.01 Å². The van der Waals surface area contributed by atoms with Crippen molar-refractivity contribution >= 4 is 35.2 Å². The number of carbonyl (C=O) groups excluding carboxylic acids is 2. The number of nitrogens with zero attached hydrogens (tertiary/aromatic N) is 1. The van der Waals surface area contributed by atoms with Crippen LogP contribution in [-0.2, 0) is 9.59 Å². The second-order valence-corrected chi connectivity index (χ2v) is 4.97. The fourth-order valence-corrected chi connectivity index (χ4v) is 2.25. The summed E-state index contributed by atoms with van der Waals surface area (Å²) >= 11 is 5.91. The Morgan fingerprint density at radius 3 is 2.48 bits per heavy atom. The van der Waals surface area contributed by atoms with Crippen LogP contribution in [0.5, 0.6) is 0 Å². The number of hydrazine groups is 1. The van der Waals surface area contributed by atoms with Crippen LogP contribution in [0.25, 0.3) is 6.08 Å². The van der Waals surface area contributed by atoms with Crippen molar-refractivity contribution in [3.8, 4) is 0 Å². The molecule has 1 aliphatic rings. The number of amides is 2. The van der Waals surface area contributed by atoms with Gasteiger partial charge in [-0.25, -0.2) is 5.01 Å². The lowest BCUT2D eigenvalue weighted by molar-refractivity contribution is -0.117. The zero-order valence-corrected chi connectivity index (χ0v) is 11.7. The number of halogens is 1. The summed E-state index contributed by atoms with van der Waals surface area (Å²) in [5, 5.41) is 1.69. The Morgan fingerprint density at radius 2 is 1.76 bits per heavy atom. The molecule has 4 nitrogen and oxygen atoms in total. The van der Waals surface area contributed by atoms with Crippen LogP contribution < -0.4 is 10.4 Å². The molecule has 2 amide bonds. The molecular formula is C16H11ClN2O2. The molecule has 0 bridgehead atoms. The van der Waals surface area contributed by atoms with Gasteiger partial charge in [-0.1, -0.05) is 48.0 Å². The molecule has 0 spiro atoms. The molecule has 0 atom stereocenters. The molecule has 1 fully saturated rings. The van der Waals surface area contributed by atoms with E-state index in [-0.39, 0.29) is 5.57 Å². The zero-order chi connectivity index (χ0) is 14.8. The van der Waals surface area contributed by atoms with E-state index >= 15 is 0 Å². The van der Waals surface area contributed by atoms with Gasteiger partial charge in [0.25, 0.3) is 11.8 Å². The van der Waals surface area contributed by atoms with Crippen molar-refractivity contribution < 1.29 is 9.59 Å². The van der Waals surface area contributed by atoms with Gasteiger partial charge in [-0.05, 0) is 29.8 Å². The van der Waals surface area contributed by atoms with E-state index in [4.69, 9.17) is 11.6 Å². The quantitative estimate of drug-likeness (QED) is 0.684. The Morgan fingerprint density at radius 1 is 1.00 bits per heavy atom. The summed E-state index contributed by atoms with van der Waals surface area (Å²) < 4.78 is 0. The molecule has 3 rings (SSSR count). The molecule has 5 heteroatoms. The number of hydrogen-bond acceptors (Lipinski definition) is 2. The minimum Gasteiger partial charge on any atom is -0.267 e. The van der Waals surface area contributed by atoms with Crippen molar-refractivity contribution in [2.45, 2.75) is 0 Å². The normalized spacial score (nSPS) is 16.4. The highest BCUT2D eigenvalue weighted by Crippen LogP contribution is 2.23. The highest BCUT2D eigenvalue weighted by atomic mass is 35.5. The summed E-state index contributed by atoms with van der Waals surface area (Å²) in [7, 11) is 0. The number of nitrogens with one attached hydrogen (secondary N) is 1. The molecule has 1 saturated heterocycles. The molecule has 1 heterocycles. The van der Waals surface area contributed by atoms with Crippen LogP contribution in [0.4, 0.5) is 5.69 Å². The maximum Gasteiger partial charge on any atom is 0.282 e. The third-order valence-electron chi connectivity index (χ3n) is 3.07. The number of hydrogen-bond donors (Lipinski definition) is 1. The van der Waals surface area contributed by atoms with Gasteiger partial charge in [0.2, 0.25) is 0 Å². The molecule has 21 heavy (non-hydrogen) atoms. The zero-order valence-electron chi connectivity index (χ0n) is 10.9. The van der Waals surface area contributed by atoms with Crippen LogP contribution in [0, 0.1) is 0 Å². The van der Waals surface area contributed by atoms with Crippen LogP contribution in [0.2, 0.25) is 5.02 Å². The molecule has 0 radical (unpaired) electrons. The van der Waals surface area contributed by atoms with Gasteiger partial charge in [0, 0.05) is 5.02 Å². The van der Waals surface area contributed by atoms with Gasteiger partial charge in [0.15, 0.2) is 0 Å². The third kappa shape index (κ3) is 2.66. The van der Waals surface area contributed by atoms with E-state index in [1.165, 1.54) is 5.01 Å². The SMILES string of the molecule is O=C1NN(c2cccc(Cl)c2)C(=O)/C1=C\c1ccccc1. The van der Waals surface area contributed by atoms with E-state index in [1.807, 2.05) is 30.3 Å². The van der Waals surface area contributed by atoms with Crippen molar-refractivity contribution in [2.24, 2.45) is 0 Å². The largest absolute Gasteiger partial charge is 0.282 e. The maximum absolute atomic E-state index is 12.4. The van der Waals surface area contributed by atoms with Crippen molar-refractivity contribution in [3.63, 3.8) is 0 Å². The van der Waals surface area contributed by atoms with E-state index in [0.29, 0.717) is 10.7 Å². The fraction of sp³-hybridized carbons (Fsp3) is 0. The molecule has 2 aromatic rings. The summed E-state index contributed by atoms with van der Waals surface area (Å²) in [5.41, 5.74) is 3.95. The van der Waals surface area contributed by atoms with Gasteiger partial charge >= 0.3 is 0 Å². The summed E-state index contributed by atoms with van der Waals surface area (Å²) in [6.45, 7) is 0. The Kier molecular flexibility index (Phi) is 3.46. The average Bonchev–Trinajstić information content (AvgIpc) is 2.76. The summed E-state index contributed by atoms with van der Waals surface area (Å²) in [6, 6.07) is 16.0. The topological polar surface area (TPSA) is 49.4 Å². The van der Waals surface area contributed by atoms with Gasteiger partial charge in [0.1, 0.15) is 5.57 Å². The lowest BCUT2D eigenvalue weighted by atomic mass is 10.1. The van der Waals surface area contributed by atoms with E-state index in [0.717, 1.165) is 5.56 Å². The first kappa shape index (κ1) is 13.4. The van der Waals surface area contributed by atoms with Crippen molar-refractivity contribution in [3.05, 3.63) is 70.8 Å². The molecule has 0 saturated carbocycles. The highest BCUT2D eigenvalue weighted by molar-refractivity contribution is 6.33. The maximum atomic E-state index is 12.4. The third-order valence-corrected chi connectivity index (χ3v) is 3.30. The van der Waals surface area contributed by atoms with E-state index in [1.54, 1.807) is 30.3 Å². The molecule has 0 unspecified atom stereocenters. The standard InChI is InChI=1S/C16H11ClN2O2/c17-12-7-4-8-13(10-12)19-16(21)14(15(20)18-19)9-11-5-2-1-3-6-11/h1-10H,(H,18,20)/b14-9-. The van der Waals surface area contributed by atoms with Crippen LogP contribution in [0.15, 0.2) is 60.2 Å². The number of rotatable bonds is 2. The van der Waals surface area contributed by atoms with Gasteiger partial charge in [-0.3, -0.25) is 15.0 Å². The summed E-state index contributed by atoms with van der Waals surface area (Å²) in [4.78, 5) is 24.3. The number of benzene rings is 2. The number of carbonyl (C=O) groups is 2. The Bertz CT molecular complexity index is 741. The lowest BCUT2D eigenvalue weighted by Gasteiger charge is -2.14. The van der Waals surface area contributed by atoms with Gasteiger partial charge < -0.3 is 0 Å². The first-order chi connectivity index (χ1) is 10.1. The van der Waals surface area contributed by atoms with E-state index in [9.17, 15) is 9.59 Å². The monoisotopic (exact) mass is 298 g/mol. The van der Waals surface area contributed by atoms with Crippen LogP contribution in [0.3, 0.4) is 0 Å². The van der Waals surface area contributed by atoms with Crippen molar-refractivity contribution in [1.29, 1.82) is 0 Å². The average molecular weight is 299 g/mol. The molecule has 0 aliphatic carbocycles. The fourth-order valence-electron chi connectivity index (χ4n) is 2.07. The van der Waals surface area contributed by atoms with Crippen molar-refractivity contribution in [1.82, 2.24) is 5.43 Å².